The van der Waals surface area contributed by atoms with Crippen LogP contribution >= 0.6 is 11.8 Å². The number of nitro benzene ring substituents is 1. The highest BCUT2D eigenvalue weighted by Crippen LogP contribution is 2.30. The molecular weight excluding hydrogens is 260 g/mol. The number of rotatable bonds is 6. The Labute approximate surface area is 106 Å². The van der Waals surface area contributed by atoms with E-state index in [1.807, 2.05) is 0 Å². The molecule has 0 radical (unpaired) electrons. The Balaban J connectivity index is 3.03. The summed E-state index contributed by atoms with van der Waals surface area (Å²) in [4.78, 5) is 20.2. The third-order valence-electron chi connectivity index (χ3n) is 1.92. The smallest absolute Gasteiger partial charge is 0.283 e. The first kappa shape index (κ1) is 14.1. The van der Waals surface area contributed by atoms with Crippen LogP contribution in [0.2, 0.25) is 0 Å². The Kier molecular flexibility index (Phi) is 5.28. The Bertz CT molecular complexity index is 489. The number of nitrogens with zero attached hydrogens (tertiary/aromatic N) is 2. The standard InChI is InChI=1S/C10H10N2O5S/c13-5-6-18-10-2-1-8(3-4-11(14)15)7-9(10)12(16)17/h1-4,7,13H,5-6H2/b4-3-. The third kappa shape index (κ3) is 4.15. The first-order chi connectivity index (χ1) is 8.54. The lowest BCUT2D eigenvalue weighted by Crippen LogP contribution is -1.94. The van der Waals surface area contributed by atoms with E-state index in [1.54, 1.807) is 6.07 Å². The fourth-order valence-corrected chi connectivity index (χ4v) is 1.96. The van der Waals surface area contributed by atoms with Crippen LogP contribution in [0.4, 0.5) is 5.69 Å². The Morgan fingerprint density at radius 2 is 2.06 bits per heavy atom. The molecule has 8 heteroatoms. The molecule has 0 heterocycles. The van der Waals surface area contributed by atoms with Gasteiger partial charge in [-0.3, -0.25) is 20.2 Å². The molecule has 96 valence electrons. The van der Waals surface area contributed by atoms with Gasteiger partial charge in [0.2, 0.25) is 6.20 Å². The van der Waals surface area contributed by atoms with Crippen LogP contribution in [-0.4, -0.2) is 27.3 Å². The first-order valence-corrected chi connectivity index (χ1v) is 5.87. The van der Waals surface area contributed by atoms with Crippen molar-refractivity contribution in [2.24, 2.45) is 0 Å². The van der Waals surface area contributed by atoms with Gasteiger partial charge >= 0.3 is 0 Å². The maximum Gasteiger partial charge on any atom is 0.283 e. The van der Waals surface area contributed by atoms with Gasteiger partial charge in [-0.2, -0.15) is 0 Å². The summed E-state index contributed by atoms with van der Waals surface area (Å²) in [5, 5.41) is 29.7. The van der Waals surface area contributed by atoms with Gasteiger partial charge in [0.1, 0.15) is 0 Å². The summed E-state index contributed by atoms with van der Waals surface area (Å²) in [5.41, 5.74) is 0.255. The molecule has 0 amide bonds. The summed E-state index contributed by atoms with van der Waals surface area (Å²) in [6.07, 6.45) is 1.91. The zero-order valence-electron chi connectivity index (χ0n) is 9.18. The van der Waals surface area contributed by atoms with Crippen molar-refractivity contribution < 1.29 is 15.0 Å². The highest BCUT2D eigenvalue weighted by molar-refractivity contribution is 7.99. The topological polar surface area (TPSA) is 107 Å². The van der Waals surface area contributed by atoms with Gasteiger partial charge in [0.05, 0.1) is 21.3 Å². The molecule has 0 aliphatic rings. The summed E-state index contributed by atoms with van der Waals surface area (Å²) in [7, 11) is 0. The molecule has 1 aromatic rings. The fourth-order valence-electron chi connectivity index (χ4n) is 1.21. The second-order valence-corrected chi connectivity index (χ2v) is 4.29. The van der Waals surface area contributed by atoms with E-state index in [0.29, 0.717) is 16.2 Å². The minimum absolute atomic E-state index is 0.0786. The van der Waals surface area contributed by atoms with Crippen molar-refractivity contribution >= 4 is 23.5 Å². The van der Waals surface area contributed by atoms with E-state index in [0.717, 1.165) is 18.0 Å². The Hall–Kier alpha value is -1.93. The van der Waals surface area contributed by atoms with Gasteiger partial charge in [-0.15, -0.1) is 11.8 Å². The number of aliphatic hydroxyl groups is 1. The van der Waals surface area contributed by atoms with Gasteiger partial charge in [0.25, 0.3) is 5.69 Å². The van der Waals surface area contributed by atoms with Gasteiger partial charge in [-0.25, -0.2) is 0 Å². The molecule has 0 saturated carbocycles. The van der Waals surface area contributed by atoms with Crippen molar-refractivity contribution in [3.63, 3.8) is 0 Å². The second kappa shape index (κ2) is 6.72. The minimum atomic E-state index is -0.639. The van der Waals surface area contributed by atoms with Crippen LogP contribution in [0, 0.1) is 20.2 Å². The van der Waals surface area contributed by atoms with Gasteiger partial charge in [-0.1, -0.05) is 6.07 Å². The summed E-state index contributed by atoms with van der Waals surface area (Å²) in [6, 6.07) is 4.32. The Morgan fingerprint density at radius 3 is 2.61 bits per heavy atom. The monoisotopic (exact) mass is 270 g/mol. The van der Waals surface area contributed by atoms with Crippen LogP contribution in [0.25, 0.3) is 6.08 Å². The zero-order chi connectivity index (χ0) is 13.5. The highest BCUT2D eigenvalue weighted by Gasteiger charge is 2.14. The lowest BCUT2D eigenvalue weighted by molar-refractivity contribution is -0.401. The molecule has 0 aliphatic carbocycles. The average Bonchev–Trinajstić information content (AvgIpc) is 2.34. The van der Waals surface area contributed by atoms with Crippen LogP contribution < -0.4 is 0 Å². The van der Waals surface area contributed by atoms with Gasteiger partial charge in [-0.05, 0) is 11.6 Å². The average molecular weight is 270 g/mol. The largest absolute Gasteiger partial charge is 0.396 e. The molecule has 0 aliphatic heterocycles. The third-order valence-corrected chi connectivity index (χ3v) is 2.96. The lowest BCUT2D eigenvalue weighted by atomic mass is 10.2. The predicted molar refractivity (Wildman–Crippen MR) is 66.9 cm³/mol. The SMILES string of the molecule is O=[N+]([O-])/C=C\c1ccc(SCCO)c([N+](=O)[O-])c1. The lowest BCUT2D eigenvalue weighted by Gasteiger charge is -2.02. The number of nitro groups is 2. The quantitative estimate of drug-likeness (QED) is 0.481. The maximum atomic E-state index is 10.8. The number of thioether (sulfide) groups is 1. The van der Waals surface area contributed by atoms with Crippen LogP contribution in [0.3, 0.4) is 0 Å². The second-order valence-electron chi connectivity index (χ2n) is 3.16. The van der Waals surface area contributed by atoms with Crippen LogP contribution in [0.5, 0.6) is 0 Å². The molecule has 7 nitrogen and oxygen atoms in total. The van der Waals surface area contributed by atoms with Crippen molar-refractivity contribution in [2.75, 3.05) is 12.4 Å². The molecule has 0 aromatic heterocycles. The number of aliphatic hydroxyl groups excluding tert-OH is 1. The van der Waals surface area contributed by atoms with Gasteiger partial charge in [0.15, 0.2) is 0 Å². The molecule has 1 rings (SSSR count). The van der Waals surface area contributed by atoms with E-state index in [1.165, 1.54) is 18.2 Å². The van der Waals surface area contributed by atoms with Crippen LogP contribution in [-0.2, 0) is 0 Å². The molecule has 0 bridgehead atoms. The van der Waals surface area contributed by atoms with Gasteiger partial charge in [0, 0.05) is 17.9 Å². The Morgan fingerprint density at radius 1 is 1.33 bits per heavy atom. The highest BCUT2D eigenvalue weighted by atomic mass is 32.2. The van der Waals surface area contributed by atoms with E-state index in [2.05, 4.69) is 0 Å². The summed E-state index contributed by atoms with van der Waals surface area (Å²) in [5.74, 6) is 0.352. The van der Waals surface area contributed by atoms with Crippen molar-refractivity contribution in [2.45, 2.75) is 4.90 Å². The van der Waals surface area contributed by atoms with Crippen LogP contribution in [0.1, 0.15) is 5.56 Å². The van der Waals surface area contributed by atoms with E-state index in [4.69, 9.17) is 5.11 Å². The fraction of sp³-hybridized carbons (Fsp3) is 0.200. The van der Waals surface area contributed by atoms with Gasteiger partial charge < -0.3 is 5.11 Å². The van der Waals surface area contributed by atoms with Crippen molar-refractivity contribution in [3.05, 3.63) is 50.2 Å². The van der Waals surface area contributed by atoms with E-state index >= 15 is 0 Å². The molecule has 0 saturated heterocycles. The minimum Gasteiger partial charge on any atom is -0.396 e. The molecule has 0 unspecified atom stereocenters. The summed E-state index contributed by atoms with van der Waals surface area (Å²) < 4.78 is 0. The molecule has 1 N–H and O–H groups in total. The normalized spacial score (nSPS) is 10.7. The molecule has 0 atom stereocenters. The summed E-state index contributed by atoms with van der Waals surface area (Å²) >= 11 is 1.16. The molecule has 0 spiro atoms. The number of benzene rings is 1. The van der Waals surface area contributed by atoms with E-state index < -0.39 is 9.85 Å². The van der Waals surface area contributed by atoms with Crippen LogP contribution in [0.15, 0.2) is 29.3 Å². The number of hydrogen-bond acceptors (Lipinski definition) is 6. The first-order valence-electron chi connectivity index (χ1n) is 4.88. The van der Waals surface area contributed by atoms with Crippen molar-refractivity contribution in [1.29, 1.82) is 0 Å². The van der Waals surface area contributed by atoms with Crippen molar-refractivity contribution in [1.82, 2.24) is 0 Å². The van der Waals surface area contributed by atoms with Crippen molar-refractivity contribution in [3.8, 4) is 0 Å². The summed E-state index contributed by atoms with van der Waals surface area (Å²) in [6.45, 7) is -0.0786. The van der Waals surface area contributed by atoms with E-state index in [-0.39, 0.29) is 12.3 Å². The number of hydrogen-bond donors (Lipinski definition) is 1. The maximum absolute atomic E-state index is 10.8. The molecule has 18 heavy (non-hydrogen) atoms. The zero-order valence-corrected chi connectivity index (χ0v) is 10.0. The molecular formula is C10H10N2O5S. The van der Waals surface area contributed by atoms with E-state index in [9.17, 15) is 20.2 Å². The predicted octanol–water partition coefficient (Wildman–Crippen LogP) is 1.93. The molecule has 0 fully saturated rings. The molecule has 1 aromatic carbocycles.